The second-order valence-corrected chi connectivity index (χ2v) is 3.63. The van der Waals surface area contributed by atoms with Crippen molar-refractivity contribution >= 4 is 5.97 Å². The number of hydrogen-bond donors (Lipinski definition) is 1. The van der Waals surface area contributed by atoms with Crippen LogP contribution in [-0.4, -0.2) is 11.1 Å². The lowest BCUT2D eigenvalue weighted by atomic mass is 9.97. The van der Waals surface area contributed by atoms with Gasteiger partial charge in [0.25, 0.3) is 0 Å². The standard InChI is InChI=1S/C14H8FNO2/c15-13-11(14(17)18)7-6-10(12(13)8-16)9-4-2-1-3-5-9/h1-7H,(H,17,18). The van der Waals surface area contributed by atoms with Crippen molar-refractivity contribution in [3.63, 3.8) is 0 Å². The Bertz CT molecular complexity index is 645. The molecular weight excluding hydrogens is 233 g/mol. The highest BCUT2D eigenvalue weighted by molar-refractivity contribution is 5.90. The average Bonchev–Trinajstić information content (AvgIpc) is 2.39. The number of halogens is 1. The molecule has 0 unspecified atom stereocenters. The minimum atomic E-state index is -1.39. The summed E-state index contributed by atoms with van der Waals surface area (Å²) in [4.78, 5) is 10.8. The Morgan fingerprint density at radius 3 is 2.39 bits per heavy atom. The highest BCUT2D eigenvalue weighted by atomic mass is 19.1. The highest BCUT2D eigenvalue weighted by Crippen LogP contribution is 2.27. The molecule has 4 heteroatoms. The van der Waals surface area contributed by atoms with Crippen molar-refractivity contribution in [2.75, 3.05) is 0 Å². The fourth-order valence-corrected chi connectivity index (χ4v) is 1.71. The van der Waals surface area contributed by atoms with Crippen molar-refractivity contribution in [3.8, 4) is 17.2 Å². The first kappa shape index (κ1) is 11.8. The molecule has 88 valence electrons. The molecule has 0 heterocycles. The van der Waals surface area contributed by atoms with E-state index in [0.29, 0.717) is 11.1 Å². The Morgan fingerprint density at radius 1 is 1.17 bits per heavy atom. The molecule has 0 saturated carbocycles. The summed E-state index contributed by atoms with van der Waals surface area (Å²) in [5, 5.41) is 17.8. The third kappa shape index (κ3) is 1.94. The molecule has 3 nitrogen and oxygen atoms in total. The van der Waals surface area contributed by atoms with Crippen LogP contribution in [0.1, 0.15) is 15.9 Å². The van der Waals surface area contributed by atoms with Crippen LogP contribution in [0, 0.1) is 17.1 Å². The summed E-state index contributed by atoms with van der Waals surface area (Å²) in [6.45, 7) is 0. The molecule has 0 bridgehead atoms. The Balaban J connectivity index is 2.69. The number of carboxylic acid groups (broad SMARTS) is 1. The zero-order valence-corrected chi connectivity index (χ0v) is 9.22. The molecule has 2 aromatic carbocycles. The van der Waals surface area contributed by atoms with Gasteiger partial charge in [-0.3, -0.25) is 0 Å². The van der Waals surface area contributed by atoms with Gasteiger partial charge in [-0.15, -0.1) is 0 Å². The van der Waals surface area contributed by atoms with Gasteiger partial charge in [-0.2, -0.15) is 5.26 Å². The largest absolute Gasteiger partial charge is 0.478 e. The van der Waals surface area contributed by atoms with E-state index in [1.165, 1.54) is 12.1 Å². The van der Waals surface area contributed by atoms with Gasteiger partial charge in [0.1, 0.15) is 6.07 Å². The minimum absolute atomic E-state index is 0.249. The molecule has 0 aromatic heterocycles. The summed E-state index contributed by atoms with van der Waals surface area (Å²) in [6, 6.07) is 13.1. The minimum Gasteiger partial charge on any atom is -0.478 e. The van der Waals surface area contributed by atoms with Crippen molar-refractivity contribution in [1.82, 2.24) is 0 Å². The molecule has 2 aromatic rings. The quantitative estimate of drug-likeness (QED) is 0.878. The molecule has 0 atom stereocenters. The van der Waals surface area contributed by atoms with Crippen LogP contribution < -0.4 is 0 Å². The van der Waals surface area contributed by atoms with E-state index in [1.54, 1.807) is 36.4 Å². The number of carboxylic acids is 1. The van der Waals surface area contributed by atoms with E-state index in [4.69, 9.17) is 10.4 Å². The molecule has 0 aliphatic heterocycles. The summed E-state index contributed by atoms with van der Waals surface area (Å²) in [5.74, 6) is -2.38. The number of nitrogens with zero attached hydrogens (tertiary/aromatic N) is 1. The van der Waals surface area contributed by atoms with E-state index in [9.17, 15) is 9.18 Å². The fourth-order valence-electron chi connectivity index (χ4n) is 1.71. The zero-order chi connectivity index (χ0) is 13.1. The summed E-state index contributed by atoms with van der Waals surface area (Å²) in [6.07, 6.45) is 0. The second kappa shape index (κ2) is 4.68. The van der Waals surface area contributed by atoms with Crippen molar-refractivity contribution < 1.29 is 14.3 Å². The van der Waals surface area contributed by atoms with E-state index in [0.717, 1.165) is 0 Å². The zero-order valence-electron chi connectivity index (χ0n) is 9.22. The number of benzene rings is 2. The maximum atomic E-state index is 13.9. The third-order valence-corrected chi connectivity index (χ3v) is 2.57. The van der Waals surface area contributed by atoms with Crippen LogP contribution in [-0.2, 0) is 0 Å². The lowest BCUT2D eigenvalue weighted by molar-refractivity contribution is 0.0692. The summed E-state index contributed by atoms with van der Waals surface area (Å²) in [7, 11) is 0. The van der Waals surface area contributed by atoms with Gasteiger partial charge < -0.3 is 5.11 Å². The van der Waals surface area contributed by atoms with Crippen LogP contribution in [0.15, 0.2) is 42.5 Å². The third-order valence-electron chi connectivity index (χ3n) is 2.57. The Labute approximate surface area is 103 Å². The molecule has 2 rings (SSSR count). The van der Waals surface area contributed by atoms with Gasteiger partial charge in [0, 0.05) is 5.56 Å². The van der Waals surface area contributed by atoms with Gasteiger partial charge in [-0.25, -0.2) is 9.18 Å². The van der Waals surface area contributed by atoms with Crippen LogP contribution >= 0.6 is 0 Å². The first-order chi connectivity index (χ1) is 8.65. The van der Waals surface area contributed by atoms with Gasteiger partial charge in [0.05, 0.1) is 11.1 Å². The molecular formula is C14H8FNO2. The Hall–Kier alpha value is -2.67. The number of carbonyl (C=O) groups is 1. The highest BCUT2D eigenvalue weighted by Gasteiger charge is 2.18. The topological polar surface area (TPSA) is 61.1 Å². The van der Waals surface area contributed by atoms with E-state index >= 15 is 0 Å². The van der Waals surface area contributed by atoms with Gasteiger partial charge in [0.15, 0.2) is 5.82 Å². The monoisotopic (exact) mass is 241 g/mol. The van der Waals surface area contributed by atoms with E-state index in [-0.39, 0.29) is 5.56 Å². The summed E-state index contributed by atoms with van der Waals surface area (Å²) in [5.41, 5.74) is 0.317. The number of nitriles is 1. The normalized spacial score (nSPS) is 9.78. The average molecular weight is 241 g/mol. The van der Waals surface area contributed by atoms with Crippen molar-refractivity contribution in [2.45, 2.75) is 0 Å². The Kier molecular flexibility index (Phi) is 3.07. The van der Waals surface area contributed by atoms with E-state index in [2.05, 4.69) is 0 Å². The predicted octanol–water partition coefficient (Wildman–Crippen LogP) is 3.06. The van der Waals surface area contributed by atoms with Crippen molar-refractivity contribution in [1.29, 1.82) is 5.26 Å². The molecule has 0 radical (unpaired) electrons. The first-order valence-electron chi connectivity index (χ1n) is 5.16. The van der Waals surface area contributed by atoms with Gasteiger partial charge in [-0.1, -0.05) is 36.4 Å². The molecule has 0 spiro atoms. The van der Waals surface area contributed by atoms with Crippen molar-refractivity contribution in [3.05, 3.63) is 59.4 Å². The maximum Gasteiger partial charge on any atom is 0.338 e. The Morgan fingerprint density at radius 2 is 1.83 bits per heavy atom. The van der Waals surface area contributed by atoms with Crippen molar-refractivity contribution in [2.24, 2.45) is 0 Å². The molecule has 0 amide bonds. The summed E-state index contributed by atoms with van der Waals surface area (Å²) < 4.78 is 13.9. The van der Waals surface area contributed by atoms with Crippen LogP contribution in [0.25, 0.3) is 11.1 Å². The van der Waals surface area contributed by atoms with Crippen LogP contribution in [0.4, 0.5) is 4.39 Å². The van der Waals surface area contributed by atoms with Gasteiger partial charge in [0.2, 0.25) is 0 Å². The first-order valence-corrected chi connectivity index (χ1v) is 5.16. The smallest absolute Gasteiger partial charge is 0.338 e. The number of rotatable bonds is 2. The van der Waals surface area contributed by atoms with Crippen LogP contribution in [0.3, 0.4) is 0 Å². The SMILES string of the molecule is N#Cc1c(-c2ccccc2)ccc(C(=O)O)c1F. The van der Waals surface area contributed by atoms with Crippen LogP contribution in [0.2, 0.25) is 0 Å². The molecule has 0 aliphatic rings. The molecule has 1 N–H and O–H groups in total. The number of hydrogen-bond acceptors (Lipinski definition) is 2. The predicted molar refractivity (Wildman–Crippen MR) is 63.5 cm³/mol. The van der Waals surface area contributed by atoms with E-state index < -0.39 is 17.3 Å². The van der Waals surface area contributed by atoms with Crippen LogP contribution in [0.5, 0.6) is 0 Å². The lowest BCUT2D eigenvalue weighted by Crippen LogP contribution is -2.03. The molecule has 0 saturated heterocycles. The summed E-state index contributed by atoms with van der Waals surface area (Å²) >= 11 is 0. The molecule has 18 heavy (non-hydrogen) atoms. The second-order valence-electron chi connectivity index (χ2n) is 3.63. The fraction of sp³-hybridized carbons (Fsp3) is 0. The van der Waals surface area contributed by atoms with Gasteiger partial charge in [-0.05, 0) is 11.6 Å². The maximum absolute atomic E-state index is 13.9. The molecule has 0 fully saturated rings. The lowest BCUT2D eigenvalue weighted by Gasteiger charge is -2.07. The van der Waals surface area contributed by atoms with E-state index in [1.807, 2.05) is 0 Å². The van der Waals surface area contributed by atoms with Gasteiger partial charge >= 0.3 is 5.97 Å². The molecule has 0 aliphatic carbocycles. The number of aromatic carboxylic acids is 1.